The minimum absolute atomic E-state index is 0.0271. The Kier molecular flexibility index (Phi) is 3.22. The molecule has 3 aliphatic rings. The Morgan fingerprint density at radius 3 is 2.67 bits per heavy atom. The van der Waals surface area contributed by atoms with Crippen LogP contribution >= 0.6 is 0 Å². The van der Waals surface area contributed by atoms with Crippen LogP contribution in [0.3, 0.4) is 0 Å². The summed E-state index contributed by atoms with van der Waals surface area (Å²) in [4.78, 5) is 13.5. The molecule has 0 bridgehead atoms. The number of amides is 1. The zero-order valence-electron chi connectivity index (χ0n) is 12.3. The number of halogens is 3. The highest BCUT2D eigenvalue weighted by Gasteiger charge is 2.50. The molecule has 0 spiro atoms. The van der Waals surface area contributed by atoms with Crippen molar-refractivity contribution in [1.82, 2.24) is 4.90 Å². The predicted octanol–water partition coefficient (Wildman–Crippen LogP) is 4.05. The maximum absolute atomic E-state index is 12.9. The van der Waals surface area contributed by atoms with Gasteiger partial charge < -0.3 is 4.90 Å². The second-order valence-corrected chi connectivity index (χ2v) is 6.68. The Hall–Kier alpha value is -1.26. The van der Waals surface area contributed by atoms with E-state index >= 15 is 0 Å². The van der Waals surface area contributed by atoms with E-state index in [1.165, 1.54) is 0 Å². The number of alkyl halides is 3. The molecule has 0 radical (unpaired) electrons. The van der Waals surface area contributed by atoms with Crippen LogP contribution in [0.15, 0.2) is 23.4 Å². The average Bonchev–Trinajstić information content (AvgIpc) is 2.42. The van der Waals surface area contributed by atoms with Gasteiger partial charge in [0, 0.05) is 24.6 Å². The highest BCUT2D eigenvalue weighted by molar-refractivity contribution is 5.80. The molecule has 0 aromatic carbocycles. The van der Waals surface area contributed by atoms with E-state index in [4.69, 9.17) is 0 Å². The number of hydrogen-bond donors (Lipinski definition) is 0. The molecule has 0 aromatic heterocycles. The van der Waals surface area contributed by atoms with Gasteiger partial charge in [0.1, 0.15) is 0 Å². The smallest absolute Gasteiger partial charge is 0.319 e. The lowest BCUT2D eigenvalue weighted by Gasteiger charge is -2.50. The lowest BCUT2D eigenvalue weighted by molar-refractivity contribution is -0.179. The molecule has 2 nitrogen and oxygen atoms in total. The summed E-state index contributed by atoms with van der Waals surface area (Å²) in [5.41, 5.74) is 1.84. The summed E-state index contributed by atoms with van der Waals surface area (Å²) in [5.74, 6) is -1.14. The number of hydrogen-bond acceptors (Lipinski definition) is 1. The van der Waals surface area contributed by atoms with E-state index in [2.05, 4.69) is 6.92 Å². The maximum atomic E-state index is 12.9. The molecule has 0 aromatic rings. The van der Waals surface area contributed by atoms with Gasteiger partial charge in [-0.1, -0.05) is 24.6 Å². The first-order valence-corrected chi connectivity index (χ1v) is 7.48. The second kappa shape index (κ2) is 4.62. The molecule has 1 saturated heterocycles. The van der Waals surface area contributed by atoms with Gasteiger partial charge >= 0.3 is 6.18 Å². The SMILES string of the molecule is CN1C(=O)CC[C@]2(C)C3=CC[C@@H](C(F)(F)F)CC3CC=C12. The standard InChI is InChI=1S/C16H20F3NO/c1-15-8-7-14(21)20(2)13(15)6-3-10-9-11(16(17,18)19)4-5-12(10)15/h5-6,10-11H,3-4,7-9H2,1-2H3/t10?,11-,15-/m1/s1. The number of allylic oxidation sites excluding steroid dienone is 3. The van der Waals surface area contributed by atoms with E-state index in [0.29, 0.717) is 19.3 Å². The van der Waals surface area contributed by atoms with Crippen molar-refractivity contribution < 1.29 is 18.0 Å². The number of rotatable bonds is 0. The van der Waals surface area contributed by atoms with Gasteiger partial charge in [-0.15, -0.1) is 0 Å². The maximum Gasteiger partial charge on any atom is 0.392 e. The van der Waals surface area contributed by atoms with Crippen molar-refractivity contribution in [3.8, 4) is 0 Å². The Morgan fingerprint density at radius 1 is 1.29 bits per heavy atom. The third-order valence-corrected chi connectivity index (χ3v) is 5.47. The Labute approximate surface area is 122 Å². The fourth-order valence-electron chi connectivity index (χ4n) is 4.23. The molecule has 3 atom stereocenters. The first-order chi connectivity index (χ1) is 9.73. The van der Waals surface area contributed by atoms with Gasteiger partial charge in [0.25, 0.3) is 0 Å². The van der Waals surface area contributed by atoms with Crippen LogP contribution in [0.5, 0.6) is 0 Å². The van der Waals surface area contributed by atoms with Gasteiger partial charge in [-0.2, -0.15) is 13.2 Å². The Morgan fingerprint density at radius 2 is 2.00 bits per heavy atom. The van der Waals surface area contributed by atoms with Gasteiger partial charge in [0.2, 0.25) is 5.91 Å². The van der Waals surface area contributed by atoms with Crippen molar-refractivity contribution in [3.05, 3.63) is 23.4 Å². The molecule has 1 amide bonds. The van der Waals surface area contributed by atoms with Crippen molar-refractivity contribution >= 4 is 5.91 Å². The van der Waals surface area contributed by atoms with Crippen LogP contribution in [0.25, 0.3) is 0 Å². The number of fused-ring (bicyclic) bond motifs is 3. The molecule has 0 saturated carbocycles. The topological polar surface area (TPSA) is 20.3 Å². The van der Waals surface area contributed by atoms with Gasteiger partial charge in [-0.25, -0.2) is 0 Å². The zero-order chi connectivity index (χ0) is 15.4. The first kappa shape index (κ1) is 14.7. The van der Waals surface area contributed by atoms with Crippen LogP contribution in [0.2, 0.25) is 0 Å². The number of nitrogens with zero attached hydrogens (tertiary/aromatic N) is 1. The number of carbonyl (C=O) groups is 1. The minimum Gasteiger partial charge on any atom is -0.319 e. The average molecular weight is 299 g/mol. The monoisotopic (exact) mass is 299 g/mol. The number of piperidine rings is 1. The van der Waals surface area contributed by atoms with Crippen LogP contribution in [-0.2, 0) is 4.79 Å². The number of likely N-dealkylation sites (tertiary alicyclic amines) is 1. The van der Waals surface area contributed by atoms with Crippen molar-refractivity contribution in [3.63, 3.8) is 0 Å². The van der Waals surface area contributed by atoms with E-state index < -0.39 is 12.1 Å². The molecular weight excluding hydrogens is 279 g/mol. The van der Waals surface area contributed by atoms with Gasteiger partial charge in [0.05, 0.1) is 5.92 Å². The molecule has 1 heterocycles. The second-order valence-electron chi connectivity index (χ2n) is 6.68. The summed E-state index contributed by atoms with van der Waals surface area (Å²) < 4.78 is 38.8. The van der Waals surface area contributed by atoms with E-state index in [1.807, 2.05) is 12.2 Å². The van der Waals surface area contributed by atoms with E-state index in [1.54, 1.807) is 11.9 Å². The molecule has 21 heavy (non-hydrogen) atoms. The summed E-state index contributed by atoms with van der Waals surface area (Å²) in [6.07, 6.45) is 1.74. The molecule has 2 aliphatic carbocycles. The fraction of sp³-hybridized carbons (Fsp3) is 0.688. The highest BCUT2D eigenvalue weighted by atomic mass is 19.4. The Balaban J connectivity index is 1.93. The van der Waals surface area contributed by atoms with Crippen LogP contribution in [0, 0.1) is 17.3 Å². The molecule has 116 valence electrons. The third kappa shape index (κ3) is 2.21. The minimum atomic E-state index is -4.10. The quantitative estimate of drug-likeness (QED) is 0.618. The van der Waals surface area contributed by atoms with Crippen molar-refractivity contribution in [2.75, 3.05) is 7.05 Å². The summed E-state index contributed by atoms with van der Waals surface area (Å²) in [6.45, 7) is 2.08. The fourth-order valence-corrected chi connectivity index (χ4v) is 4.23. The van der Waals surface area contributed by atoms with Crippen molar-refractivity contribution in [2.45, 2.75) is 45.2 Å². The van der Waals surface area contributed by atoms with E-state index in [0.717, 1.165) is 11.3 Å². The lowest BCUT2D eigenvalue weighted by Crippen LogP contribution is -2.46. The normalized spacial score (nSPS) is 36.6. The molecule has 1 aliphatic heterocycles. The predicted molar refractivity (Wildman–Crippen MR) is 73.2 cm³/mol. The van der Waals surface area contributed by atoms with Crippen LogP contribution < -0.4 is 0 Å². The molecule has 0 N–H and O–H groups in total. The Bertz CT molecular complexity index is 534. The zero-order valence-corrected chi connectivity index (χ0v) is 12.3. The summed E-state index contributed by atoms with van der Waals surface area (Å²) in [7, 11) is 1.77. The lowest BCUT2D eigenvalue weighted by atomic mass is 9.60. The van der Waals surface area contributed by atoms with Crippen LogP contribution in [-0.4, -0.2) is 24.0 Å². The summed E-state index contributed by atoms with van der Waals surface area (Å²) in [6, 6.07) is 0. The molecule has 5 heteroatoms. The molecule has 3 rings (SSSR count). The summed E-state index contributed by atoms with van der Waals surface area (Å²) >= 11 is 0. The molecule has 1 fully saturated rings. The largest absolute Gasteiger partial charge is 0.392 e. The van der Waals surface area contributed by atoms with Gasteiger partial charge in [-0.3, -0.25) is 4.79 Å². The third-order valence-electron chi connectivity index (χ3n) is 5.47. The highest BCUT2D eigenvalue weighted by Crippen LogP contribution is 2.55. The van der Waals surface area contributed by atoms with Gasteiger partial charge in [-0.05, 0) is 31.6 Å². The molecular formula is C16H20F3NO. The summed E-state index contributed by atoms with van der Waals surface area (Å²) in [5, 5.41) is 0. The van der Waals surface area contributed by atoms with Crippen molar-refractivity contribution in [2.24, 2.45) is 17.3 Å². The molecule has 1 unspecified atom stereocenters. The first-order valence-electron chi connectivity index (χ1n) is 7.48. The van der Waals surface area contributed by atoms with Crippen LogP contribution in [0.4, 0.5) is 13.2 Å². The number of carbonyl (C=O) groups excluding carboxylic acids is 1. The van der Waals surface area contributed by atoms with Crippen LogP contribution in [0.1, 0.15) is 39.0 Å². The van der Waals surface area contributed by atoms with E-state index in [-0.39, 0.29) is 30.1 Å². The van der Waals surface area contributed by atoms with Crippen molar-refractivity contribution in [1.29, 1.82) is 0 Å². The van der Waals surface area contributed by atoms with E-state index in [9.17, 15) is 18.0 Å². The van der Waals surface area contributed by atoms with Gasteiger partial charge in [0.15, 0.2) is 0 Å².